The number of amides is 1. The van der Waals surface area contributed by atoms with Gasteiger partial charge in [-0.1, -0.05) is 18.2 Å². The largest absolute Gasteiger partial charge is 0.497 e. The van der Waals surface area contributed by atoms with Crippen LogP contribution in [0.5, 0.6) is 5.75 Å². The highest BCUT2D eigenvalue weighted by molar-refractivity contribution is 5.84. The fourth-order valence-electron chi connectivity index (χ4n) is 4.18. The fraction of sp³-hybridized carbons (Fsp3) is 0.522. The molecule has 1 fully saturated rings. The van der Waals surface area contributed by atoms with E-state index in [1.165, 1.54) is 22.8 Å². The highest BCUT2D eigenvalue weighted by Crippen LogP contribution is 2.25. The second-order valence-electron chi connectivity index (χ2n) is 8.01. The predicted octanol–water partition coefficient (Wildman–Crippen LogP) is 4.46. The molecule has 0 saturated carbocycles. The van der Waals surface area contributed by atoms with Crippen molar-refractivity contribution in [1.29, 1.82) is 0 Å². The quantitative estimate of drug-likeness (QED) is 0.781. The zero-order chi connectivity index (χ0) is 19.6. The minimum atomic E-state index is -0.125. The van der Waals surface area contributed by atoms with Gasteiger partial charge in [0.15, 0.2) is 0 Å². The first kappa shape index (κ1) is 19.7. The number of piperidine rings is 1. The average molecular weight is 369 g/mol. The smallest absolute Gasteiger partial charge is 0.240 e. The normalized spacial score (nSPS) is 21.5. The molecule has 0 aliphatic carbocycles. The zero-order valence-corrected chi connectivity index (χ0v) is 17.2. The topological polar surface area (TPSA) is 32.8 Å². The zero-order valence-electron chi connectivity index (χ0n) is 17.2. The van der Waals surface area contributed by atoms with Crippen LogP contribution >= 0.6 is 0 Å². The van der Waals surface area contributed by atoms with Crippen molar-refractivity contribution in [2.24, 2.45) is 0 Å². The average Bonchev–Trinajstić information content (AvgIpc) is 2.66. The SMILES string of the molecule is COc1ccc2cc(CN(C)[C@@H](C)C(=O)N3[C@H](C)CCC[C@@H]3C)ccc2c1. The Bertz CT molecular complexity index is 794. The lowest BCUT2D eigenvalue weighted by Crippen LogP contribution is -2.54. The number of benzene rings is 2. The van der Waals surface area contributed by atoms with Crippen molar-refractivity contribution in [3.05, 3.63) is 42.0 Å². The molecule has 0 bridgehead atoms. The molecule has 0 aromatic heterocycles. The van der Waals surface area contributed by atoms with Crippen molar-refractivity contribution in [3.8, 4) is 5.75 Å². The number of fused-ring (bicyclic) bond motifs is 1. The van der Waals surface area contributed by atoms with Crippen molar-refractivity contribution in [1.82, 2.24) is 9.80 Å². The molecular formula is C23H32N2O2. The first-order valence-electron chi connectivity index (χ1n) is 9.99. The summed E-state index contributed by atoms with van der Waals surface area (Å²) in [5, 5.41) is 2.36. The minimum absolute atomic E-state index is 0.125. The summed E-state index contributed by atoms with van der Waals surface area (Å²) in [5.74, 6) is 1.12. The van der Waals surface area contributed by atoms with Crippen LogP contribution in [0.2, 0.25) is 0 Å². The third kappa shape index (κ3) is 4.27. The summed E-state index contributed by atoms with van der Waals surface area (Å²) in [7, 11) is 3.73. The van der Waals surface area contributed by atoms with Gasteiger partial charge in [0.05, 0.1) is 13.2 Å². The number of ether oxygens (including phenoxy) is 1. The lowest BCUT2D eigenvalue weighted by atomic mass is 9.96. The molecule has 1 saturated heterocycles. The molecule has 2 aromatic rings. The van der Waals surface area contributed by atoms with Gasteiger partial charge in [-0.05, 0) is 81.6 Å². The molecule has 0 N–H and O–H groups in total. The number of hydrogen-bond acceptors (Lipinski definition) is 3. The lowest BCUT2D eigenvalue weighted by Gasteiger charge is -2.41. The second kappa shape index (κ2) is 8.30. The van der Waals surface area contributed by atoms with Crippen LogP contribution < -0.4 is 4.74 Å². The first-order chi connectivity index (χ1) is 12.9. The summed E-state index contributed by atoms with van der Waals surface area (Å²) in [6.07, 6.45) is 3.44. The molecule has 1 heterocycles. The van der Waals surface area contributed by atoms with E-state index in [9.17, 15) is 4.79 Å². The van der Waals surface area contributed by atoms with E-state index >= 15 is 0 Å². The van der Waals surface area contributed by atoms with E-state index in [0.29, 0.717) is 12.1 Å². The molecule has 1 amide bonds. The highest BCUT2D eigenvalue weighted by atomic mass is 16.5. The first-order valence-corrected chi connectivity index (χ1v) is 9.99. The molecule has 2 aromatic carbocycles. The number of likely N-dealkylation sites (tertiary alicyclic amines) is 1. The summed E-state index contributed by atoms with van der Waals surface area (Å²) in [5.41, 5.74) is 1.22. The Morgan fingerprint density at radius 2 is 1.78 bits per heavy atom. The third-order valence-corrected chi connectivity index (χ3v) is 6.01. The molecule has 4 nitrogen and oxygen atoms in total. The minimum Gasteiger partial charge on any atom is -0.497 e. The Labute approximate surface area is 163 Å². The molecule has 146 valence electrons. The lowest BCUT2D eigenvalue weighted by molar-refractivity contribution is -0.142. The van der Waals surface area contributed by atoms with Gasteiger partial charge in [0, 0.05) is 18.6 Å². The summed E-state index contributed by atoms with van der Waals surface area (Å²) in [6, 6.07) is 13.1. The van der Waals surface area contributed by atoms with Crippen LogP contribution in [0.3, 0.4) is 0 Å². The monoisotopic (exact) mass is 368 g/mol. The van der Waals surface area contributed by atoms with E-state index in [1.54, 1.807) is 7.11 Å². The Hall–Kier alpha value is -2.07. The van der Waals surface area contributed by atoms with Crippen molar-refractivity contribution >= 4 is 16.7 Å². The van der Waals surface area contributed by atoms with Gasteiger partial charge in [0.25, 0.3) is 0 Å². The van der Waals surface area contributed by atoms with Crippen LogP contribution in [0.4, 0.5) is 0 Å². The summed E-state index contributed by atoms with van der Waals surface area (Å²) in [6.45, 7) is 7.14. The summed E-state index contributed by atoms with van der Waals surface area (Å²) in [4.78, 5) is 17.4. The summed E-state index contributed by atoms with van der Waals surface area (Å²) < 4.78 is 5.30. The molecule has 0 unspecified atom stereocenters. The van der Waals surface area contributed by atoms with Gasteiger partial charge in [-0.25, -0.2) is 0 Å². The molecule has 1 aliphatic heterocycles. The molecular weight excluding hydrogens is 336 g/mol. The predicted molar refractivity (Wildman–Crippen MR) is 111 cm³/mol. The highest BCUT2D eigenvalue weighted by Gasteiger charge is 2.32. The maximum Gasteiger partial charge on any atom is 0.240 e. The number of nitrogens with zero attached hydrogens (tertiary/aromatic N) is 2. The maximum atomic E-state index is 13.1. The number of hydrogen-bond donors (Lipinski definition) is 0. The Morgan fingerprint density at radius 3 is 2.44 bits per heavy atom. The number of carbonyl (C=O) groups excluding carboxylic acids is 1. The third-order valence-electron chi connectivity index (χ3n) is 6.01. The van der Waals surface area contributed by atoms with Crippen molar-refractivity contribution in [3.63, 3.8) is 0 Å². The number of likely N-dealkylation sites (N-methyl/N-ethyl adjacent to an activating group) is 1. The molecule has 27 heavy (non-hydrogen) atoms. The van der Waals surface area contributed by atoms with Crippen LogP contribution in [0.15, 0.2) is 36.4 Å². The van der Waals surface area contributed by atoms with Crippen LogP contribution in [-0.4, -0.2) is 48.0 Å². The van der Waals surface area contributed by atoms with Gasteiger partial charge in [-0.15, -0.1) is 0 Å². The van der Waals surface area contributed by atoms with E-state index in [0.717, 1.165) is 25.1 Å². The molecule has 3 rings (SSSR count). The molecule has 0 spiro atoms. The van der Waals surface area contributed by atoms with Crippen molar-refractivity contribution in [2.45, 2.75) is 64.7 Å². The number of methoxy groups -OCH3 is 1. The van der Waals surface area contributed by atoms with Gasteiger partial charge in [0.1, 0.15) is 5.75 Å². The van der Waals surface area contributed by atoms with Gasteiger partial charge >= 0.3 is 0 Å². The van der Waals surface area contributed by atoms with Crippen LogP contribution in [0.1, 0.15) is 45.6 Å². The van der Waals surface area contributed by atoms with Gasteiger partial charge < -0.3 is 9.64 Å². The van der Waals surface area contributed by atoms with Crippen molar-refractivity contribution in [2.75, 3.05) is 14.2 Å². The van der Waals surface area contributed by atoms with E-state index in [4.69, 9.17) is 4.74 Å². The Balaban J connectivity index is 1.71. The van der Waals surface area contributed by atoms with Gasteiger partial charge in [-0.3, -0.25) is 9.69 Å². The molecule has 3 atom stereocenters. The summed E-state index contributed by atoms with van der Waals surface area (Å²) >= 11 is 0. The Morgan fingerprint density at radius 1 is 1.15 bits per heavy atom. The van der Waals surface area contributed by atoms with E-state index < -0.39 is 0 Å². The van der Waals surface area contributed by atoms with Crippen molar-refractivity contribution < 1.29 is 9.53 Å². The maximum absolute atomic E-state index is 13.1. The fourth-order valence-corrected chi connectivity index (χ4v) is 4.18. The molecule has 1 aliphatic rings. The van der Waals surface area contributed by atoms with E-state index in [1.807, 2.05) is 26.1 Å². The van der Waals surface area contributed by atoms with Crippen LogP contribution in [0.25, 0.3) is 10.8 Å². The molecule has 4 heteroatoms. The van der Waals surface area contributed by atoms with Gasteiger partial charge in [0.2, 0.25) is 5.91 Å². The van der Waals surface area contributed by atoms with Crippen LogP contribution in [-0.2, 0) is 11.3 Å². The van der Waals surface area contributed by atoms with E-state index in [2.05, 4.69) is 47.9 Å². The molecule has 0 radical (unpaired) electrons. The number of rotatable bonds is 5. The van der Waals surface area contributed by atoms with E-state index in [-0.39, 0.29) is 11.9 Å². The second-order valence-corrected chi connectivity index (χ2v) is 8.01. The van der Waals surface area contributed by atoms with Gasteiger partial charge in [-0.2, -0.15) is 0 Å². The van der Waals surface area contributed by atoms with Crippen LogP contribution in [0, 0.1) is 0 Å². The standard InChI is InChI=1S/C23H32N2O2/c1-16-7-6-8-17(2)25(16)23(26)18(3)24(4)15-19-9-10-21-14-22(27-5)12-11-20(21)13-19/h9-14,16-18H,6-8,15H2,1-5H3/t16-,17+,18-/m0/s1. The number of carbonyl (C=O) groups is 1. The Kier molecular flexibility index (Phi) is 6.05.